The Morgan fingerprint density at radius 3 is 2.35 bits per heavy atom. The summed E-state index contributed by atoms with van der Waals surface area (Å²) < 4.78 is 29.7. The molecule has 7 heteroatoms. The molecule has 1 unspecified atom stereocenters. The topological polar surface area (TPSA) is 63.7 Å². The number of rotatable bonds is 5. The summed E-state index contributed by atoms with van der Waals surface area (Å²) in [6.07, 6.45) is 1.74. The van der Waals surface area contributed by atoms with Crippen molar-refractivity contribution in [1.82, 2.24) is 0 Å². The Morgan fingerprint density at radius 1 is 1.15 bits per heavy atom. The Labute approximate surface area is 161 Å². The van der Waals surface area contributed by atoms with Crippen LogP contribution in [-0.4, -0.2) is 33.2 Å². The van der Waals surface area contributed by atoms with Crippen LogP contribution in [-0.2, 0) is 21.1 Å². The number of hydrogen-bond acceptors (Lipinski definition) is 4. The molecule has 26 heavy (non-hydrogen) atoms. The zero-order chi connectivity index (χ0) is 18.7. The van der Waals surface area contributed by atoms with E-state index in [9.17, 15) is 13.2 Å². The predicted molar refractivity (Wildman–Crippen MR) is 105 cm³/mol. The summed E-state index contributed by atoms with van der Waals surface area (Å²) in [4.78, 5) is 14.6. The van der Waals surface area contributed by atoms with Crippen molar-refractivity contribution in [2.75, 3.05) is 17.8 Å². The molecule has 0 saturated carbocycles. The van der Waals surface area contributed by atoms with E-state index in [0.717, 1.165) is 15.8 Å². The monoisotopic (exact) mass is 435 g/mol. The van der Waals surface area contributed by atoms with Crippen LogP contribution in [0.5, 0.6) is 5.75 Å². The minimum Gasteiger partial charge on any atom is -0.497 e. The van der Waals surface area contributed by atoms with Crippen molar-refractivity contribution in [2.24, 2.45) is 0 Å². The molecule has 136 valence electrons. The lowest BCUT2D eigenvalue weighted by atomic mass is 10.1. The van der Waals surface area contributed by atoms with Crippen molar-refractivity contribution in [3.63, 3.8) is 0 Å². The molecule has 0 radical (unpaired) electrons. The standard InChI is InChI=1S/C19H18BrNO4S/c1-25-18-8-2-14(3-9-18)12-19(22)21(16-6-4-15(20)5-7-16)17-10-11-26(23,24)13-17/h2-11,17H,12-13H2,1H3. The number of anilines is 1. The van der Waals surface area contributed by atoms with Gasteiger partial charge in [-0.15, -0.1) is 0 Å². The molecule has 0 saturated heterocycles. The third-order valence-electron chi connectivity index (χ3n) is 4.13. The van der Waals surface area contributed by atoms with Crippen molar-refractivity contribution in [3.05, 3.63) is 70.1 Å². The maximum atomic E-state index is 13.0. The maximum Gasteiger partial charge on any atom is 0.231 e. The quantitative estimate of drug-likeness (QED) is 0.722. The first-order chi connectivity index (χ1) is 12.4. The number of ether oxygens (including phenoxy) is 1. The molecule has 1 amide bonds. The van der Waals surface area contributed by atoms with Crippen LogP contribution in [0.2, 0.25) is 0 Å². The summed E-state index contributed by atoms with van der Waals surface area (Å²) in [5, 5.41) is 1.18. The van der Waals surface area contributed by atoms with E-state index in [4.69, 9.17) is 4.74 Å². The van der Waals surface area contributed by atoms with Crippen LogP contribution in [0.1, 0.15) is 5.56 Å². The van der Waals surface area contributed by atoms with Crippen LogP contribution in [0.15, 0.2) is 64.5 Å². The number of carbonyl (C=O) groups excluding carboxylic acids is 1. The van der Waals surface area contributed by atoms with Gasteiger partial charge < -0.3 is 9.64 Å². The summed E-state index contributed by atoms with van der Waals surface area (Å²) in [7, 11) is -1.69. The number of amides is 1. The van der Waals surface area contributed by atoms with Crippen molar-refractivity contribution >= 4 is 37.4 Å². The molecule has 1 aliphatic rings. The van der Waals surface area contributed by atoms with Crippen LogP contribution >= 0.6 is 15.9 Å². The van der Waals surface area contributed by atoms with Crippen LogP contribution in [0.25, 0.3) is 0 Å². The minimum absolute atomic E-state index is 0.0998. The molecule has 2 aromatic rings. The summed E-state index contributed by atoms with van der Waals surface area (Å²) in [6, 6.07) is 14.0. The molecule has 2 aromatic carbocycles. The highest BCUT2D eigenvalue weighted by Crippen LogP contribution is 2.25. The minimum atomic E-state index is -3.27. The molecule has 0 N–H and O–H groups in total. The number of hydrogen-bond donors (Lipinski definition) is 0. The molecule has 0 aromatic heterocycles. The van der Waals surface area contributed by atoms with Gasteiger partial charge in [-0.1, -0.05) is 28.1 Å². The van der Waals surface area contributed by atoms with E-state index in [1.807, 2.05) is 24.3 Å². The average molecular weight is 436 g/mol. The Hall–Kier alpha value is -2.12. The lowest BCUT2D eigenvalue weighted by Crippen LogP contribution is -2.42. The van der Waals surface area contributed by atoms with Gasteiger partial charge in [0, 0.05) is 15.6 Å². The normalized spacial score (nSPS) is 17.8. The van der Waals surface area contributed by atoms with Gasteiger partial charge in [0.2, 0.25) is 5.91 Å². The fourth-order valence-corrected chi connectivity index (χ4v) is 4.38. The van der Waals surface area contributed by atoms with Crippen molar-refractivity contribution in [2.45, 2.75) is 12.5 Å². The van der Waals surface area contributed by atoms with Gasteiger partial charge in [-0.25, -0.2) is 8.42 Å². The molecule has 1 atom stereocenters. The fourth-order valence-electron chi connectivity index (χ4n) is 2.85. The first kappa shape index (κ1) is 18.7. The van der Waals surface area contributed by atoms with Gasteiger partial charge in [0.15, 0.2) is 9.84 Å². The zero-order valence-electron chi connectivity index (χ0n) is 14.1. The second-order valence-corrected chi connectivity index (χ2v) is 8.84. The number of nitrogens with zero attached hydrogens (tertiary/aromatic N) is 1. The molecule has 0 aliphatic carbocycles. The van der Waals surface area contributed by atoms with Gasteiger partial charge >= 0.3 is 0 Å². The zero-order valence-corrected chi connectivity index (χ0v) is 16.5. The van der Waals surface area contributed by atoms with Gasteiger partial charge in [0.05, 0.1) is 25.3 Å². The van der Waals surface area contributed by atoms with Gasteiger partial charge in [-0.2, -0.15) is 0 Å². The van der Waals surface area contributed by atoms with Crippen LogP contribution in [0, 0.1) is 0 Å². The predicted octanol–water partition coefficient (Wildman–Crippen LogP) is 3.34. The highest BCUT2D eigenvalue weighted by atomic mass is 79.9. The number of halogens is 1. The molecular weight excluding hydrogens is 418 g/mol. The van der Waals surface area contributed by atoms with E-state index in [2.05, 4.69) is 15.9 Å². The third-order valence-corrected chi connectivity index (χ3v) is 6.04. The van der Waals surface area contributed by atoms with Crippen LogP contribution in [0.3, 0.4) is 0 Å². The molecule has 0 fully saturated rings. The first-order valence-electron chi connectivity index (χ1n) is 7.99. The second-order valence-electron chi connectivity index (χ2n) is 5.99. The number of methoxy groups -OCH3 is 1. The van der Waals surface area contributed by atoms with E-state index in [1.165, 1.54) is 5.41 Å². The van der Waals surface area contributed by atoms with Gasteiger partial charge in [0.1, 0.15) is 5.75 Å². The second kappa shape index (κ2) is 7.63. The third kappa shape index (κ3) is 4.34. The van der Waals surface area contributed by atoms with E-state index < -0.39 is 15.9 Å². The molecule has 1 aliphatic heterocycles. The first-order valence-corrected chi connectivity index (χ1v) is 10.5. The van der Waals surface area contributed by atoms with Crippen LogP contribution in [0.4, 0.5) is 5.69 Å². The van der Waals surface area contributed by atoms with Crippen molar-refractivity contribution in [1.29, 1.82) is 0 Å². The summed E-state index contributed by atoms with van der Waals surface area (Å²) in [5.74, 6) is 0.456. The van der Waals surface area contributed by atoms with Crippen molar-refractivity contribution in [3.8, 4) is 5.75 Å². The number of benzene rings is 2. The molecule has 3 rings (SSSR count). The maximum absolute atomic E-state index is 13.0. The summed E-state index contributed by atoms with van der Waals surface area (Å²) in [6.45, 7) is 0. The molecule has 0 spiro atoms. The van der Waals surface area contributed by atoms with Gasteiger partial charge in [0.25, 0.3) is 0 Å². The lowest BCUT2D eigenvalue weighted by molar-refractivity contribution is -0.118. The van der Waals surface area contributed by atoms with Gasteiger partial charge in [-0.3, -0.25) is 4.79 Å². The number of carbonyl (C=O) groups is 1. The van der Waals surface area contributed by atoms with E-state index in [1.54, 1.807) is 42.4 Å². The molecule has 0 bridgehead atoms. The largest absolute Gasteiger partial charge is 0.497 e. The summed E-state index contributed by atoms with van der Waals surface area (Å²) >= 11 is 3.38. The van der Waals surface area contributed by atoms with E-state index in [0.29, 0.717) is 5.69 Å². The van der Waals surface area contributed by atoms with Crippen molar-refractivity contribution < 1.29 is 17.9 Å². The lowest BCUT2D eigenvalue weighted by Gasteiger charge is -2.28. The Balaban J connectivity index is 1.88. The van der Waals surface area contributed by atoms with E-state index in [-0.39, 0.29) is 18.1 Å². The fraction of sp³-hybridized carbons (Fsp3) is 0.211. The smallest absolute Gasteiger partial charge is 0.231 e. The molecule has 1 heterocycles. The van der Waals surface area contributed by atoms with Gasteiger partial charge in [-0.05, 0) is 48.0 Å². The van der Waals surface area contributed by atoms with Crippen LogP contribution < -0.4 is 9.64 Å². The number of sulfone groups is 1. The average Bonchev–Trinajstić information content (AvgIpc) is 2.97. The molecular formula is C19H18BrNO4S. The Kier molecular flexibility index (Phi) is 5.48. The van der Waals surface area contributed by atoms with E-state index >= 15 is 0 Å². The Bertz CT molecular complexity index is 921. The summed E-state index contributed by atoms with van der Waals surface area (Å²) in [5.41, 5.74) is 1.50. The highest BCUT2D eigenvalue weighted by molar-refractivity contribution is 9.10. The SMILES string of the molecule is COc1ccc(CC(=O)N(c2ccc(Br)cc2)C2C=CS(=O)(=O)C2)cc1. The Morgan fingerprint density at radius 2 is 1.81 bits per heavy atom. The highest BCUT2D eigenvalue weighted by Gasteiger charge is 2.31. The molecule has 5 nitrogen and oxygen atoms in total.